The van der Waals surface area contributed by atoms with Gasteiger partial charge in [-0.25, -0.2) is 0 Å². The number of nitrogens with one attached hydrogen (secondary N) is 2. The highest BCUT2D eigenvalue weighted by Crippen LogP contribution is 2.36. The summed E-state index contributed by atoms with van der Waals surface area (Å²) in [6.07, 6.45) is 7.91. The van der Waals surface area contributed by atoms with Gasteiger partial charge in [0.05, 0.1) is 6.26 Å². The second-order valence-corrected chi connectivity index (χ2v) is 7.43. The summed E-state index contributed by atoms with van der Waals surface area (Å²) in [5.41, 5.74) is 0.0995. The highest BCUT2D eigenvalue weighted by atomic mass is 16.3. The van der Waals surface area contributed by atoms with Crippen LogP contribution in [0.25, 0.3) is 0 Å². The number of aliphatic imine (C=N–C) groups is 1. The van der Waals surface area contributed by atoms with Crippen LogP contribution in [-0.2, 0) is 11.2 Å². The van der Waals surface area contributed by atoms with Crippen LogP contribution in [0.3, 0.4) is 0 Å². The van der Waals surface area contributed by atoms with Crippen LogP contribution in [0.1, 0.15) is 37.9 Å². The number of rotatable bonds is 4. The van der Waals surface area contributed by atoms with Crippen molar-refractivity contribution in [3.8, 4) is 0 Å². The Bertz CT molecular complexity index is 609. The Morgan fingerprint density at radius 3 is 3.12 bits per heavy atom. The molecule has 1 aromatic rings. The molecule has 0 radical (unpaired) electrons. The van der Waals surface area contributed by atoms with E-state index in [0.717, 1.165) is 57.2 Å². The number of furan rings is 1. The van der Waals surface area contributed by atoms with Crippen molar-refractivity contribution in [1.29, 1.82) is 0 Å². The lowest BCUT2D eigenvalue weighted by molar-refractivity contribution is -0.119. The zero-order valence-corrected chi connectivity index (χ0v) is 14.1. The number of carbonyl (C=O) groups excluding carboxylic acids is 1. The summed E-state index contributed by atoms with van der Waals surface area (Å²) in [5, 5.41) is 6.61. The molecule has 2 aliphatic heterocycles. The van der Waals surface area contributed by atoms with Crippen LogP contribution >= 0.6 is 0 Å². The topological polar surface area (TPSA) is 69.9 Å². The molecule has 3 fully saturated rings. The maximum absolute atomic E-state index is 11.7. The minimum atomic E-state index is 0.0995. The molecule has 1 atom stereocenters. The van der Waals surface area contributed by atoms with Crippen LogP contribution in [0.5, 0.6) is 0 Å². The molecule has 1 saturated carbocycles. The van der Waals surface area contributed by atoms with Crippen LogP contribution in [0.2, 0.25) is 0 Å². The van der Waals surface area contributed by atoms with Crippen LogP contribution in [-0.4, -0.2) is 49.0 Å². The summed E-state index contributed by atoms with van der Waals surface area (Å²) in [7, 11) is 0. The van der Waals surface area contributed by atoms with Gasteiger partial charge in [0.25, 0.3) is 0 Å². The SMILES string of the molecule is O=C1CC2(CCCN(C(=NCCc3ccco3)NC3CC3)C2)CN1. The van der Waals surface area contributed by atoms with Gasteiger partial charge in [0.1, 0.15) is 5.76 Å². The fourth-order valence-corrected chi connectivity index (χ4v) is 3.80. The van der Waals surface area contributed by atoms with E-state index in [0.29, 0.717) is 12.5 Å². The van der Waals surface area contributed by atoms with Crippen LogP contribution in [0.15, 0.2) is 27.8 Å². The molecule has 1 spiro atoms. The second-order valence-electron chi connectivity index (χ2n) is 7.43. The predicted molar refractivity (Wildman–Crippen MR) is 91.7 cm³/mol. The van der Waals surface area contributed by atoms with E-state index in [1.807, 2.05) is 12.1 Å². The average molecular weight is 330 g/mol. The summed E-state index contributed by atoms with van der Waals surface area (Å²) in [6.45, 7) is 3.48. The van der Waals surface area contributed by atoms with Gasteiger partial charge in [0.15, 0.2) is 5.96 Å². The number of hydrogen-bond acceptors (Lipinski definition) is 3. The minimum absolute atomic E-state index is 0.0995. The maximum Gasteiger partial charge on any atom is 0.220 e. The van der Waals surface area contributed by atoms with Crippen LogP contribution in [0.4, 0.5) is 0 Å². The minimum Gasteiger partial charge on any atom is -0.469 e. The van der Waals surface area contributed by atoms with Crippen molar-refractivity contribution < 1.29 is 9.21 Å². The van der Waals surface area contributed by atoms with Gasteiger partial charge in [-0.15, -0.1) is 0 Å². The molecule has 130 valence electrons. The Hall–Kier alpha value is -1.98. The zero-order chi connectivity index (χ0) is 16.4. The van der Waals surface area contributed by atoms with Crippen molar-refractivity contribution in [2.75, 3.05) is 26.2 Å². The lowest BCUT2D eigenvalue weighted by Crippen LogP contribution is -2.51. The smallest absolute Gasteiger partial charge is 0.220 e. The highest BCUT2D eigenvalue weighted by Gasteiger charge is 2.42. The van der Waals surface area contributed by atoms with Crippen LogP contribution < -0.4 is 10.6 Å². The van der Waals surface area contributed by atoms with Gasteiger partial charge in [0, 0.05) is 50.5 Å². The number of nitrogens with zero attached hydrogens (tertiary/aromatic N) is 2. The molecule has 24 heavy (non-hydrogen) atoms. The Kier molecular flexibility index (Phi) is 4.21. The molecule has 4 rings (SSSR count). The van der Waals surface area contributed by atoms with E-state index < -0.39 is 0 Å². The second kappa shape index (κ2) is 6.49. The van der Waals surface area contributed by atoms with E-state index in [1.165, 1.54) is 12.8 Å². The lowest BCUT2D eigenvalue weighted by atomic mass is 9.79. The number of likely N-dealkylation sites (tertiary alicyclic amines) is 1. The van der Waals surface area contributed by atoms with E-state index in [-0.39, 0.29) is 11.3 Å². The molecule has 2 saturated heterocycles. The molecule has 3 aliphatic rings. The van der Waals surface area contributed by atoms with Crippen molar-refractivity contribution in [3.63, 3.8) is 0 Å². The highest BCUT2D eigenvalue weighted by molar-refractivity contribution is 5.82. The number of piperidine rings is 1. The van der Waals surface area contributed by atoms with Crippen molar-refractivity contribution in [3.05, 3.63) is 24.2 Å². The first kappa shape index (κ1) is 15.5. The summed E-state index contributed by atoms with van der Waals surface area (Å²) < 4.78 is 5.39. The van der Waals surface area contributed by atoms with E-state index in [9.17, 15) is 4.79 Å². The Balaban J connectivity index is 1.42. The standard InChI is InChI=1S/C18H26N4O2/c23-16-11-18(12-20-16)7-2-9-22(13-18)17(21-14-4-5-14)19-8-6-15-3-1-10-24-15/h1,3,10,14H,2,4-9,11-13H2,(H,19,21)(H,20,23). The molecule has 0 aromatic carbocycles. The fourth-order valence-electron chi connectivity index (χ4n) is 3.80. The summed E-state index contributed by atoms with van der Waals surface area (Å²) in [6, 6.07) is 4.49. The Morgan fingerprint density at radius 1 is 1.50 bits per heavy atom. The van der Waals surface area contributed by atoms with E-state index >= 15 is 0 Å². The zero-order valence-electron chi connectivity index (χ0n) is 14.1. The van der Waals surface area contributed by atoms with Crippen molar-refractivity contribution in [1.82, 2.24) is 15.5 Å². The molecule has 1 aromatic heterocycles. The van der Waals surface area contributed by atoms with Gasteiger partial charge in [0.2, 0.25) is 5.91 Å². The van der Waals surface area contributed by atoms with E-state index in [4.69, 9.17) is 9.41 Å². The average Bonchev–Trinajstić information content (AvgIpc) is 3.11. The predicted octanol–water partition coefficient (Wildman–Crippen LogP) is 1.53. The monoisotopic (exact) mass is 330 g/mol. The van der Waals surface area contributed by atoms with E-state index in [1.54, 1.807) is 6.26 Å². The summed E-state index contributed by atoms with van der Waals surface area (Å²) in [5.74, 6) is 2.19. The first-order valence-corrected chi connectivity index (χ1v) is 9.08. The van der Waals surface area contributed by atoms with Gasteiger partial charge < -0.3 is 20.0 Å². The normalized spacial score (nSPS) is 27.6. The Morgan fingerprint density at radius 2 is 2.42 bits per heavy atom. The number of guanidine groups is 1. The molecule has 0 bridgehead atoms. The van der Waals surface area contributed by atoms with Gasteiger partial charge in [-0.1, -0.05) is 0 Å². The van der Waals surface area contributed by atoms with E-state index in [2.05, 4.69) is 15.5 Å². The van der Waals surface area contributed by atoms with Gasteiger partial charge in [-0.05, 0) is 37.8 Å². The molecule has 2 N–H and O–H groups in total. The quantitative estimate of drug-likeness (QED) is 0.649. The number of hydrogen-bond donors (Lipinski definition) is 2. The number of carbonyl (C=O) groups is 1. The molecular formula is C18H26N4O2. The third-order valence-electron chi connectivity index (χ3n) is 5.27. The largest absolute Gasteiger partial charge is 0.469 e. The molecule has 1 aliphatic carbocycles. The molecule has 6 nitrogen and oxygen atoms in total. The fraction of sp³-hybridized carbons (Fsp3) is 0.667. The third kappa shape index (κ3) is 3.57. The molecule has 3 heterocycles. The lowest BCUT2D eigenvalue weighted by Gasteiger charge is -2.41. The Labute approximate surface area is 142 Å². The first-order valence-electron chi connectivity index (χ1n) is 9.08. The van der Waals surface area contributed by atoms with Crippen molar-refractivity contribution in [2.45, 2.75) is 44.6 Å². The first-order chi connectivity index (χ1) is 11.7. The maximum atomic E-state index is 11.7. The molecule has 6 heteroatoms. The molecule has 1 unspecified atom stereocenters. The summed E-state index contributed by atoms with van der Waals surface area (Å²) in [4.78, 5) is 18.9. The molecular weight excluding hydrogens is 304 g/mol. The molecule has 1 amide bonds. The number of amides is 1. The van der Waals surface area contributed by atoms with Crippen molar-refractivity contribution >= 4 is 11.9 Å². The van der Waals surface area contributed by atoms with Crippen molar-refractivity contribution in [2.24, 2.45) is 10.4 Å². The van der Waals surface area contributed by atoms with Gasteiger partial charge >= 0.3 is 0 Å². The van der Waals surface area contributed by atoms with Gasteiger partial charge in [-0.2, -0.15) is 0 Å². The summed E-state index contributed by atoms with van der Waals surface area (Å²) >= 11 is 0. The van der Waals surface area contributed by atoms with Crippen LogP contribution in [0, 0.1) is 5.41 Å². The third-order valence-corrected chi connectivity index (χ3v) is 5.27. The van der Waals surface area contributed by atoms with Gasteiger partial charge in [-0.3, -0.25) is 9.79 Å².